The first kappa shape index (κ1) is 18.9. The standard InChI is InChI=1S/C16H24N2O5/c1-11-7-5-6-8-12(11)13(14(20)18-22-10-9-19)17-15(21)23-16(2,3)4/h5-8,13,19H,9-10H2,1-4H3,(H,17,21)(H,18,20)/t13-/m0/s1. The van der Waals surface area contributed by atoms with Crippen molar-refractivity contribution in [1.29, 1.82) is 0 Å². The molecule has 2 amide bonds. The average Bonchev–Trinajstić information content (AvgIpc) is 2.44. The Bertz CT molecular complexity index is 540. The quantitative estimate of drug-likeness (QED) is 0.545. The van der Waals surface area contributed by atoms with Crippen LogP contribution in [0.3, 0.4) is 0 Å². The maximum absolute atomic E-state index is 12.3. The second-order valence-corrected chi connectivity index (χ2v) is 5.97. The maximum Gasteiger partial charge on any atom is 0.408 e. The lowest BCUT2D eigenvalue weighted by Gasteiger charge is -2.24. The number of aliphatic hydroxyl groups excluding tert-OH is 1. The van der Waals surface area contributed by atoms with Crippen LogP contribution in [0.2, 0.25) is 0 Å². The van der Waals surface area contributed by atoms with E-state index >= 15 is 0 Å². The molecule has 1 rings (SSSR count). The molecule has 0 saturated carbocycles. The predicted molar refractivity (Wildman–Crippen MR) is 84.5 cm³/mol. The highest BCUT2D eigenvalue weighted by Crippen LogP contribution is 2.19. The van der Waals surface area contributed by atoms with E-state index in [0.29, 0.717) is 5.56 Å². The van der Waals surface area contributed by atoms with Gasteiger partial charge in [0.25, 0.3) is 5.91 Å². The van der Waals surface area contributed by atoms with Crippen molar-refractivity contribution in [2.24, 2.45) is 0 Å². The van der Waals surface area contributed by atoms with E-state index in [1.165, 1.54) is 0 Å². The SMILES string of the molecule is Cc1ccccc1[C@H](NC(=O)OC(C)(C)C)C(=O)NOCCO. The number of hydrogen-bond donors (Lipinski definition) is 3. The average molecular weight is 324 g/mol. The van der Waals surface area contributed by atoms with E-state index in [0.717, 1.165) is 5.56 Å². The number of aryl methyl sites for hydroxylation is 1. The molecule has 0 aromatic heterocycles. The van der Waals surface area contributed by atoms with Gasteiger partial charge in [-0.2, -0.15) is 0 Å². The first-order chi connectivity index (χ1) is 10.7. The Kier molecular flexibility index (Phi) is 6.99. The van der Waals surface area contributed by atoms with E-state index < -0.39 is 23.6 Å². The van der Waals surface area contributed by atoms with Gasteiger partial charge in [-0.1, -0.05) is 24.3 Å². The summed E-state index contributed by atoms with van der Waals surface area (Å²) < 4.78 is 5.19. The summed E-state index contributed by atoms with van der Waals surface area (Å²) in [6, 6.07) is 6.21. The summed E-state index contributed by atoms with van der Waals surface area (Å²) in [5.41, 5.74) is 3.00. The molecule has 1 aromatic carbocycles. The van der Waals surface area contributed by atoms with Crippen LogP contribution in [0, 0.1) is 6.92 Å². The van der Waals surface area contributed by atoms with E-state index in [9.17, 15) is 9.59 Å². The lowest BCUT2D eigenvalue weighted by atomic mass is 10.0. The number of hydrogen-bond acceptors (Lipinski definition) is 5. The Balaban J connectivity index is 2.91. The van der Waals surface area contributed by atoms with Crippen LogP contribution in [-0.4, -0.2) is 35.9 Å². The Morgan fingerprint density at radius 1 is 1.26 bits per heavy atom. The number of benzene rings is 1. The van der Waals surface area contributed by atoms with Crippen LogP contribution in [0.1, 0.15) is 37.9 Å². The third-order valence-corrected chi connectivity index (χ3v) is 2.79. The van der Waals surface area contributed by atoms with Crippen molar-refractivity contribution in [1.82, 2.24) is 10.8 Å². The van der Waals surface area contributed by atoms with Crippen LogP contribution in [0.25, 0.3) is 0 Å². The largest absolute Gasteiger partial charge is 0.444 e. The number of ether oxygens (including phenoxy) is 1. The van der Waals surface area contributed by atoms with Gasteiger partial charge in [0.15, 0.2) is 0 Å². The van der Waals surface area contributed by atoms with Crippen LogP contribution in [0.15, 0.2) is 24.3 Å². The summed E-state index contributed by atoms with van der Waals surface area (Å²) in [7, 11) is 0. The third-order valence-electron chi connectivity index (χ3n) is 2.79. The molecule has 0 radical (unpaired) electrons. The normalized spacial score (nSPS) is 12.4. The minimum atomic E-state index is -0.968. The third kappa shape index (κ3) is 6.66. The van der Waals surface area contributed by atoms with E-state index in [4.69, 9.17) is 14.7 Å². The zero-order chi connectivity index (χ0) is 17.5. The molecule has 0 heterocycles. The Labute approximate surface area is 135 Å². The highest BCUT2D eigenvalue weighted by molar-refractivity contribution is 5.86. The lowest BCUT2D eigenvalue weighted by molar-refractivity contribution is -0.136. The van der Waals surface area contributed by atoms with Gasteiger partial charge in [0.2, 0.25) is 0 Å². The van der Waals surface area contributed by atoms with Gasteiger partial charge in [0.05, 0.1) is 13.2 Å². The number of carbonyl (C=O) groups is 2. The molecule has 0 unspecified atom stereocenters. The molecular weight excluding hydrogens is 300 g/mol. The molecule has 0 bridgehead atoms. The minimum absolute atomic E-state index is 0.0430. The number of amides is 2. The Morgan fingerprint density at radius 3 is 2.48 bits per heavy atom. The fourth-order valence-corrected chi connectivity index (χ4v) is 1.85. The molecule has 23 heavy (non-hydrogen) atoms. The van der Waals surface area contributed by atoms with Gasteiger partial charge in [-0.25, -0.2) is 10.3 Å². The van der Waals surface area contributed by atoms with E-state index in [1.807, 2.05) is 19.1 Å². The van der Waals surface area contributed by atoms with Gasteiger partial charge in [0.1, 0.15) is 11.6 Å². The molecule has 1 aromatic rings. The number of aliphatic hydroxyl groups is 1. The van der Waals surface area contributed by atoms with Crippen LogP contribution in [0.5, 0.6) is 0 Å². The Morgan fingerprint density at radius 2 is 1.91 bits per heavy atom. The summed E-state index contributed by atoms with van der Waals surface area (Å²) in [4.78, 5) is 29.1. The van der Waals surface area contributed by atoms with Crippen LogP contribution >= 0.6 is 0 Å². The van der Waals surface area contributed by atoms with Gasteiger partial charge < -0.3 is 15.2 Å². The summed E-state index contributed by atoms with van der Waals surface area (Å²) in [6.07, 6.45) is -0.705. The summed E-state index contributed by atoms with van der Waals surface area (Å²) in [5.74, 6) is -0.557. The van der Waals surface area contributed by atoms with Gasteiger partial charge in [-0.3, -0.25) is 9.63 Å². The molecule has 7 nitrogen and oxygen atoms in total. The van der Waals surface area contributed by atoms with Crippen molar-refractivity contribution >= 4 is 12.0 Å². The molecule has 128 valence electrons. The van der Waals surface area contributed by atoms with Crippen LogP contribution < -0.4 is 10.8 Å². The number of rotatable bonds is 6. The summed E-state index contributed by atoms with van der Waals surface area (Å²) >= 11 is 0. The molecule has 0 aliphatic heterocycles. The van der Waals surface area contributed by atoms with E-state index in [2.05, 4.69) is 10.8 Å². The number of carbonyl (C=O) groups excluding carboxylic acids is 2. The van der Waals surface area contributed by atoms with Crippen molar-refractivity contribution in [3.63, 3.8) is 0 Å². The monoisotopic (exact) mass is 324 g/mol. The molecule has 0 fully saturated rings. The smallest absolute Gasteiger partial charge is 0.408 e. The van der Waals surface area contributed by atoms with E-state index in [1.54, 1.807) is 32.9 Å². The van der Waals surface area contributed by atoms with Crippen molar-refractivity contribution in [3.8, 4) is 0 Å². The van der Waals surface area contributed by atoms with Gasteiger partial charge in [-0.05, 0) is 38.8 Å². The number of nitrogens with one attached hydrogen (secondary N) is 2. The lowest BCUT2D eigenvalue weighted by Crippen LogP contribution is -2.43. The predicted octanol–water partition coefficient (Wildman–Crippen LogP) is 1.60. The topological polar surface area (TPSA) is 96.9 Å². The Hall–Kier alpha value is -2.12. The zero-order valence-corrected chi connectivity index (χ0v) is 13.9. The second-order valence-electron chi connectivity index (χ2n) is 5.97. The maximum atomic E-state index is 12.3. The van der Waals surface area contributed by atoms with E-state index in [-0.39, 0.29) is 13.2 Å². The molecular formula is C16H24N2O5. The minimum Gasteiger partial charge on any atom is -0.444 e. The van der Waals surface area contributed by atoms with Crippen LogP contribution in [-0.2, 0) is 14.4 Å². The van der Waals surface area contributed by atoms with Crippen LogP contribution in [0.4, 0.5) is 4.79 Å². The van der Waals surface area contributed by atoms with Gasteiger partial charge in [0, 0.05) is 0 Å². The highest BCUT2D eigenvalue weighted by Gasteiger charge is 2.27. The van der Waals surface area contributed by atoms with Gasteiger partial charge in [-0.15, -0.1) is 0 Å². The van der Waals surface area contributed by atoms with Crippen molar-refractivity contribution in [2.45, 2.75) is 39.3 Å². The van der Waals surface area contributed by atoms with Crippen molar-refractivity contribution in [3.05, 3.63) is 35.4 Å². The van der Waals surface area contributed by atoms with Crippen molar-refractivity contribution < 1.29 is 24.3 Å². The molecule has 0 aliphatic carbocycles. The number of alkyl carbamates (subject to hydrolysis) is 1. The molecule has 1 atom stereocenters. The van der Waals surface area contributed by atoms with Crippen molar-refractivity contribution in [2.75, 3.05) is 13.2 Å². The summed E-state index contributed by atoms with van der Waals surface area (Å²) in [6.45, 7) is 6.77. The molecule has 0 saturated heterocycles. The highest BCUT2D eigenvalue weighted by atomic mass is 16.7. The fourth-order valence-electron chi connectivity index (χ4n) is 1.85. The van der Waals surface area contributed by atoms with Gasteiger partial charge >= 0.3 is 6.09 Å². The zero-order valence-electron chi connectivity index (χ0n) is 13.9. The summed E-state index contributed by atoms with van der Waals surface area (Å²) in [5, 5.41) is 11.2. The number of hydroxylamine groups is 1. The molecule has 0 aliphatic rings. The first-order valence-corrected chi connectivity index (χ1v) is 7.32. The fraction of sp³-hybridized carbons (Fsp3) is 0.500. The molecule has 0 spiro atoms. The second kappa shape index (κ2) is 8.50. The first-order valence-electron chi connectivity index (χ1n) is 7.32. The molecule has 7 heteroatoms. The molecule has 3 N–H and O–H groups in total.